The maximum atomic E-state index is 12.0. The molecule has 0 saturated carbocycles. The van der Waals surface area contributed by atoms with Crippen LogP contribution in [0, 0.1) is 13.8 Å². The molecule has 1 saturated heterocycles. The monoisotopic (exact) mass is 428 g/mol. The lowest BCUT2D eigenvalue weighted by Gasteiger charge is -2.26. The van der Waals surface area contributed by atoms with Crippen LogP contribution in [0.5, 0.6) is 5.75 Å². The molecule has 162 valence electrons. The zero-order valence-electron chi connectivity index (χ0n) is 18.0. The number of thioether (sulfide) groups is 1. The summed E-state index contributed by atoms with van der Waals surface area (Å²) in [6.45, 7) is 8.43. The van der Waals surface area contributed by atoms with E-state index in [-0.39, 0.29) is 5.91 Å². The first-order valence-electron chi connectivity index (χ1n) is 10.7. The van der Waals surface area contributed by atoms with Crippen LogP contribution in [0.4, 0.5) is 0 Å². The zero-order chi connectivity index (χ0) is 21.2. The lowest BCUT2D eigenvalue weighted by atomic mass is 10.1. The second-order valence-electron chi connectivity index (χ2n) is 7.76. The van der Waals surface area contributed by atoms with E-state index in [0.717, 1.165) is 30.1 Å². The SMILES string of the molecule is Cc1cc(C)nc(SCC(=O)NCCCOc2cccc(CN3CCCCC3)c2)n1. The molecule has 2 heterocycles. The average Bonchev–Trinajstić information content (AvgIpc) is 2.72. The van der Waals surface area contributed by atoms with Crippen LogP contribution >= 0.6 is 11.8 Å². The summed E-state index contributed by atoms with van der Waals surface area (Å²) in [5.74, 6) is 1.21. The Labute approximate surface area is 183 Å². The minimum absolute atomic E-state index is 0.00807. The third kappa shape index (κ3) is 7.95. The molecular formula is C23H32N4O2S. The number of carbonyl (C=O) groups excluding carboxylic acids is 1. The predicted molar refractivity (Wildman–Crippen MR) is 121 cm³/mol. The summed E-state index contributed by atoms with van der Waals surface area (Å²) in [5, 5.41) is 3.58. The van der Waals surface area contributed by atoms with Crippen LogP contribution in [0.2, 0.25) is 0 Å². The summed E-state index contributed by atoms with van der Waals surface area (Å²) >= 11 is 1.36. The number of likely N-dealkylation sites (tertiary alicyclic amines) is 1. The van der Waals surface area contributed by atoms with Gasteiger partial charge in [-0.3, -0.25) is 9.69 Å². The maximum Gasteiger partial charge on any atom is 0.230 e. The number of benzene rings is 1. The van der Waals surface area contributed by atoms with Crippen LogP contribution in [0.25, 0.3) is 0 Å². The summed E-state index contributed by atoms with van der Waals surface area (Å²) < 4.78 is 5.88. The summed E-state index contributed by atoms with van der Waals surface area (Å²) in [5.41, 5.74) is 3.14. The van der Waals surface area contributed by atoms with Gasteiger partial charge >= 0.3 is 0 Å². The first-order valence-corrected chi connectivity index (χ1v) is 11.7. The Morgan fingerprint density at radius 3 is 2.67 bits per heavy atom. The third-order valence-electron chi connectivity index (χ3n) is 4.96. The Bertz CT molecular complexity index is 804. The molecule has 0 spiro atoms. The Kier molecular flexibility index (Phi) is 8.96. The molecule has 1 amide bonds. The quantitative estimate of drug-likeness (QED) is 0.353. The first kappa shape index (κ1) is 22.6. The van der Waals surface area contributed by atoms with E-state index in [1.165, 1.54) is 49.7 Å². The van der Waals surface area contributed by atoms with E-state index in [4.69, 9.17) is 4.74 Å². The van der Waals surface area contributed by atoms with Crippen molar-refractivity contribution in [1.29, 1.82) is 0 Å². The lowest BCUT2D eigenvalue weighted by molar-refractivity contribution is -0.118. The van der Waals surface area contributed by atoms with Crippen LogP contribution in [0.1, 0.15) is 42.6 Å². The minimum Gasteiger partial charge on any atom is -0.494 e. The summed E-state index contributed by atoms with van der Waals surface area (Å²) in [7, 11) is 0. The molecule has 1 fully saturated rings. The molecule has 1 N–H and O–H groups in total. The van der Waals surface area contributed by atoms with Gasteiger partial charge in [0.2, 0.25) is 5.91 Å². The third-order valence-corrected chi connectivity index (χ3v) is 5.81. The molecule has 0 bridgehead atoms. The van der Waals surface area contributed by atoms with Crippen molar-refractivity contribution < 1.29 is 9.53 Å². The molecule has 0 atom stereocenters. The van der Waals surface area contributed by atoms with Crippen molar-refractivity contribution in [1.82, 2.24) is 20.2 Å². The van der Waals surface area contributed by atoms with Crippen LogP contribution < -0.4 is 10.1 Å². The molecule has 3 rings (SSSR count). The summed E-state index contributed by atoms with van der Waals surface area (Å²) in [4.78, 5) is 23.2. The van der Waals surface area contributed by atoms with Crippen molar-refractivity contribution in [2.75, 3.05) is 32.0 Å². The largest absolute Gasteiger partial charge is 0.494 e. The molecule has 1 aliphatic rings. The topological polar surface area (TPSA) is 67.3 Å². The second-order valence-corrected chi connectivity index (χ2v) is 8.70. The standard InChI is InChI=1S/C23H32N4O2S/c1-18-14-19(2)26-23(25-18)30-17-22(28)24-10-7-13-29-21-9-6-8-20(15-21)16-27-11-4-3-5-12-27/h6,8-9,14-15H,3-5,7,10-13,16-17H2,1-2H3,(H,24,28). The molecule has 0 unspecified atom stereocenters. The number of aromatic nitrogens is 2. The summed E-state index contributed by atoms with van der Waals surface area (Å²) in [6.07, 6.45) is 4.73. The smallest absolute Gasteiger partial charge is 0.230 e. The molecule has 30 heavy (non-hydrogen) atoms. The molecular weight excluding hydrogens is 396 g/mol. The van der Waals surface area contributed by atoms with Gasteiger partial charge in [-0.1, -0.05) is 30.3 Å². The normalized spacial score (nSPS) is 14.5. The highest BCUT2D eigenvalue weighted by atomic mass is 32.2. The number of aryl methyl sites for hydroxylation is 2. The number of nitrogens with zero attached hydrogens (tertiary/aromatic N) is 3. The number of hydrogen-bond donors (Lipinski definition) is 1. The van der Waals surface area contributed by atoms with Gasteiger partial charge in [0.25, 0.3) is 0 Å². The van der Waals surface area contributed by atoms with Gasteiger partial charge in [0, 0.05) is 24.5 Å². The van der Waals surface area contributed by atoms with Gasteiger partial charge in [-0.25, -0.2) is 9.97 Å². The molecule has 0 radical (unpaired) electrons. The highest BCUT2D eigenvalue weighted by Gasteiger charge is 2.10. The van der Waals surface area contributed by atoms with Gasteiger partial charge in [-0.15, -0.1) is 0 Å². The molecule has 1 aromatic carbocycles. The van der Waals surface area contributed by atoms with Crippen molar-refractivity contribution in [3.63, 3.8) is 0 Å². The van der Waals surface area contributed by atoms with E-state index in [1.54, 1.807) is 0 Å². The molecule has 0 aliphatic carbocycles. The van der Waals surface area contributed by atoms with Gasteiger partial charge in [0.1, 0.15) is 5.75 Å². The highest BCUT2D eigenvalue weighted by Crippen LogP contribution is 2.18. The Morgan fingerprint density at radius 1 is 1.13 bits per heavy atom. The van der Waals surface area contributed by atoms with Gasteiger partial charge in [-0.05, 0) is 70.0 Å². The molecule has 1 aromatic heterocycles. The van der Waals surface area contributed by atoms with E-state index in [1.807, 2.05) is 26.0 Å². The zero-order valence-corrected chi connectivity index (χ0v) is 18.8. The van der Waals surface area contributed by atoms with Crippen LogP contribution in [0.3, 0.4) is 0 Å². The van der Waals surface area contributed by atoms with Crippen molar-refractivity contribution in [2.24, 2.45) is 0 Å². The number of rotatable bonds is 10. The van der Waals surface area contributed by atoms with Crippen molar-refractivity contribution >= 4 is 17.7 Å². The van der Waals surface area contributed by atoms with Crippen LogP contribution in [0.15, 0.2) is 35.5 Å². The number of hydrogen-bond acceptors (Lipinski definition) is 6. The fourth-order valence-corrected chi connectivity index (χ4v) is 4.32. The minimum atomic E-state index is -0.00807. The average molecular weight is 429 g/mol. The van der Waals surface area contributed by atoms with Gasteiger partial charge in [-0.2, -0.15) is 0 Å². The van der Waals surface area contributed by atoms with Crippen molar-refractivity contribution in [3.05, 3.63) is 47.3 Å². The second kappa shape index (κ2) is 11.9. The van der Waals surface area contributed by atoms with Gasteiger partial charge in [0.15, 0.2) is 5.16 Å². The van der Waals surface area contributed by atoms with E-state index in [0.29, 0.717) is 24.1 Å². The predicted octanol–water partition coefficient (Wildman–Crippen LogP) is 3.76. The van der Waals surface area contributed by atoms with Crippen molar-refractivity contribution in [2.45, 2.75) is 51.2 Å². The molecule has 2 aromatic rings. The Balaban J connectivity index is 1.31. The van der Waals surface area contributed by atoms with E-state index in [9.17, 15) is 4.79 Å². The van der Waals surface area contributed by atoms with Gasteiger partial charge < -0.3 is 10.1 Å². The highest BCUT2D eigenvalue weighted by molar-refractivity contribution is 7.99. The van der Waals surface area contributed by atoms with E-state index in [2.05, 4.69) is 38.4 Å². The number of ether oxygens (including phenoxy) is 1. The maximum absolute atomic E-state index is 12.0. The fourth-order valence-electron chi connectivity index (χ4n) is 3.54. The number of piperidine rings is 1. The molecule has 6 nitrogen and oxygen atoms in total. The van der Waals surface area contributed by atoms with E-state index >= 15 is 0 Å². The van der Waals surface area contributed by atoms with E-state index < -0.39 is 0 Å². The first-order chi connectivity index (χ1) is 14.6. The Morgan fingerprint density at radius 2 is 1.90 bits per heavy atom. The van der Waals surface area contributed by atoms with Crippen LogP contribution in [-0.4, -0.2) is 52.8 Å². The van der Waals surface area contributed by atoms with Crippen molar-refractivity contribution in [3.8, 4) is 5.75 Å². The van der Waals surface area contributed by atoms with Crippen LogP contribution in [-0.2, 0) is 11.3 Å². The fraction of sp³-hybridized carbons (Fsp3) is 0.522. The number of carbonyl (C=O) groups is 1. The van der Waals surface area contributed by atoms with Gasteiger partial charge in [0.05, 0.1) is 12.4 Å². The molecule has 7 heteroatoms. The lowest BCUT2D eigenvalue weighted by Crippen LogP contribution is -2.29. The number of amides is 1. The molecule has 1 aliphatic heterocycles. The summed E-state index contributed by atoms with van der Waals surface area (Å²) in [6, 6.07) is 10.3. The Hall–Kier alpha value is -2.12. The number of nitrogens with one attached hydrogen (secondary N) is 1.